The second-order valence-corrected chi connectivity index (χ2v) is 6.40. The van der Waals surface area contributed by atoms with Gasteiger partial charge in [-0.3, -0.25) is 4.79 Å². The van der Waals surface area contributed by atoms with Gasteiger partial charge in [-0.15, -0.1) is 0 Å². The SMILES string of the molecule is CC1Oc2ccccc2OC1C(=O)Nc1ccc(N2CCCC2)nc1. The Morgan fingerprint density at radius 1 is 1.12 bits per heavy atom. The molecule has 4 rings (SSSR count). The third kappa shape index (κ3) is 3.24. The maximum absolute atomic E-state index is 12.6. The number of nitrogens with zero attached hydrogens (tertiary/aromatic N) is 2. The lowest BCUT2D eigenvalue weighted by molar-refractivity contribution is -0.128. The van der Waals surface area contributed by atoms with Crippen molar-refractivity contribution < 1.29 is 14.3 Å². The number of anilines is 2. The van der Waals surface area contributed by atoms with Crippen LogP contribution in [0.3, 0.4) is 0 Å². The van der Waals surface area contributed by atoms with E-state index in [1.807, 2.05) is 37.3 Å². The predicted octanol–water partition coefficient (Wildman–Crippen LogP) is 2.85. The van der Waals surface area contributed by atoms with Gasteiger partial charge < -0.3 is 19.7 Å². The summed E-state index contributed by atoms with van der Waals surface area (Å²) in [5, 5.41) is 2.87. The van der Waals surface area contributed by atoms with Gasteiger partial charge in [0.1, 0.15) is 11.9 Å². The van der Waals surface area contributed by atoms with Gasteiger partial charge in [0.05, 0.1) is 11.9 Å². The van der Waals surface area contributed by atoms with E-state index in [4.69, 9.17) is 9.47 Å². The van der Waals surface area contributed by atoms with Crippen LogP contribution in [0.1, 0.15) is 19.8 Å². The summed E-state index contributed by atoms with van der Waals surface area (Å²) in [5.41, 5.74) is 0.655. The highest BCUT2D eigenvalue weighted by Crippen LogP contribution is 2.33. The Hall–Kier alpha value is -2.76. The average molecular weight is 339 g/mol. The van der Waals surface area contributed by atoms with Gasteiger partial charge in [0.2, 0.25) is 6.10 Å². The lowest BCUT2D eigenvalue weighted by Gasteiger charge is -2.31. The van der Waals surface area contributed by atoms with E-state index in [2.05, 4.69) is 15.2 Å². The molecular formula is C19H21N3O3. The molecule has 1 N–H and O–H groups in total. The zero-order valence-corrected chi connectivity index (χ0v) is 14.1. The monoisotopic (exact) mass is 339 g/mol. The first kappa shape index (κ1) is 15.7. The topological polar surface area (TPSA) is 63.7 Å². The normalized spacial score (nSPS) is 21.9. The van der Waals surface area contributed by atoms with E-state index in [9.17, 15) is 4.79 Å². The maximum Gasteiger partial charge on any atom is 0.269 e. The number of rotatable bonds is 3. The van der Waals surface area contributed by atoms with Crippen molar-refractivity contribution in [2.24, 2.45) is 0 Å². The van der Waals surface area contributed by atoms with Crippen LogP contribution in [0.15, 0.2) is 42.6 Å². The third-order valence-electron chi connectivity index (χ3n) is 4.55. The van der Waals surface area contributed by atoms with E-state index in [-0.39, 0.29) is 12.0 Å². The van der Waals surface area contributed by atoms with Gasteiger partial charge in [-0.05, 0) is 44.0 Å². The molecule has 6 heteroatoms. The van der Waals surface area contributed by atoms with Crippen molar-refractivity contribution in [2.75, 3.05) is 23.3 Å². The van der Waals surface area contributed by atoms with E-state index in [1.54, 1.807) is 12.3 Å². The van der Waals surface area contributed by atoms with Crippen LogP contribution in [0.25, 0.3) is 0 Å². The van der Waals surface area contributed by atoms with E-state index < -0.39 is 6.10 Å². The van der Waals surface area contributed by atoms with Gasteiger partial charge in [0, 0.05) is 13.1 Å². The molecule has 130 valence electrons. The van der Waals surface area contributed by atoms with Crippen molar-refractivity contribution in [3.05, 3.63) is 42.6 Å². The first-order chi connectivity index (χ1) is 12.2. The Bertz CT molecular complexity index is 757. The average Bonchev–Trinajstić information content (AvgIpc) is 3.16. The van der Waals surface area contributed by atoms with Gasteiger partial charge in [-0.25, -0.2) is 4.98 Å². The quantitative estimate of drug-likeness (QED) is 0.932. The summed E-state index contributed by atoms with van der Waals surface area (Å²) in [7, 11) is 0. The number of aromatic nitrogens is 1. The third-order valence-corrected chi connectivity index (χ3v) is 4.55. The minimum atomic E-state index is -0.701. The molecule has 0 saturated carbocycles. The first-order valence-corrected chi connectivity index (χ1v) is 8.65. The van der Waals surface area contributed by atoms with Crippen LogP contribution in [-0.4, -0.2) is 36.2 Å². The number of ether oxygens (including phenoxy) is 2. The maximum atomic E-state index is 12.6. The van der Waals surface area contributed by atoms with Gasteiger partial charge in [0.15, 0.2) is 11.5 Å². The zero-order chi connectivity index (χ0) is 17.2. The van der Waals surface area contributed by atoms with E-state index in [1.165, 1.54) is 12.8 Å². The number of hydrogen-bond donors (Lipinski definition) is 1. The number of nitrogens with one attached hydrogen (secondary N) is 1. The predicted molar refractivity (Wildman–Crippen MR) is 95.3 cm³/mol. The van der Waals surface area contributed by atoms with Crippen LogP contribution < -0.4 is 19.7 Å². The van der Waals surface area contributed by atoms with E-state index in [0.717, 1.165) is 18.9 Å². The Labute approximate surface area is 146 Å². The van der Waals surface area contributed by atoms with Crippen molar-refractivity contribution in [1.82, 2.24) is 4.98 Å². The molecule has 2 aromatic rings. The highest BCUT2D eigenvalue weighted by Gasteiger charge is 2.34. The summed E-state index contributed by atoms with van der Waals surface area (Å²) in [5.74, 6) is 1.96. The molecule has 0 bridgehead atoms. The number of carbonyl (C=O) groups is 1. The molecule has 0 radical (unpaired) electrons. The van der Waals surface area contributed by atoms with Crippen LogP contribution in [-0.2, 0) is 4.79 Å². The molecular weight excluding hydrogens is 318 g/mol. The van der Waals surface area contributed by atoms with Crippen molar-refractivity contribution in [2.45, 2.75) is 32.0 Å². The molecule has 25 heavy (non-hydrogen) atoms. The summed E-state index contributed by atoms with van der Waals surface area (Å²) in [6.45, 7) is 3.92. The number of pyridine rings is 1. The second kappa shape index (κ2) is 6.63. The summed E-state index contributed by atoms with van der Waals surface area (Å²) in [6.07, 6.45) is 3.03. The Morgan fingerprint density at radius 2 is 1.84 bits per heavy atom. The zero-order valence-electron chi connectivity index (χ0n) is 14.1. The minimum Gasteiger partial charge on any atom is -0.482 e. The van der Waals surface area contributed by atoms with E-state index >= 15 is 0 Å². The van der Waals surface area contributed by atoms with Gasteiger partial charge in [-0.2, -0.15) is 0 Å². The fourth-order valence-electron chi connectivity index (χ4n) is 3.21. The molecule has 1 aromatic carbocycles. The Balaban J connectivity index is 1.43. The number of hydrogen-bond acceptors (Lipinski definition) is 5. The molecule has 3 heterocycles. The molecule has 2 aliphatic rings. The van der Waals surface area contributed by atoms with Gasteiger partial charge in [0.25, 0.3) is 5.91 Å². The number of amides is 1. The van der Waals surface area contributed by atoms with Crippen molar-refractivity contribution in [3.8, 4) is 11.5 Å². The van der Waals surface area contributed by atoms with Crippen molar-refractivity contribution in [1.29, 1.82) is 0 Å². The van der Waals surface area contributed by atoms with Crippen LogP contribution in [0.5, 0.6) is 11.5 Å². The highest BCUT2D eigenvalue weighted by molar-refractivity contribution is 5.95. The summed E-state index contributed by atoms with van der Waals surface area (Å²) >= 11 is 0. The molecule has 0 aliphatic carbocycles. The summed E-state index contributed by atoms with van der Waals surface area (Å²) in [6, 6.07) is 11.2. The molecule has 1 fully saturated rings. The van der Waals surface area contributed by atoms with Gasteiger partial charge in [-0.1, -0.05) is 12.1 Å². The lowest BCUT2D eigenvalue weighted by Crippen LogP contribution is -2.46. The Morgan fingerprint density at radius 3 is 2.52 bits per heavy atom. The molecule has 0 spiro atoms. The fraction of sp³-hybridized carbons (Fsp3) is 0.368. The van der Waals surface area contributed by atoms with Crippen molar-refractivity contribution in [3.63, 3.8) is 0 Å². The highest BCUT2D eigenvalue weighted by atomic mass is 16.6. The standard InChI is InChI=1S/C19H21N3O3/c1-13-18(25-16-7-3-2-6-15(16)24-13)19(23)21-14-8-9-17(20-12-14)22-10-4-5-11-22/h2-3,6-9,12-13,18H,4-5,10-11H2,1H3,(H,21,23). The molecule has 2 aliphatic heterocycles. The Kier molecular flexibility index (Phi) is 4.17. The molecule has 6 nitrogen and oxygen atoms in total. The largest absolute Gasteiger partial charge is 0.482 e. The summed E-state index contributed by atoms with van der Waals surface area (Å²) in [4.78, 5) is 19.3. The second-order valence-electron chi connectivity index (χ2n) is 6.40. The molecule has 1 amide bonds. The number of para-hydroxylation sites is 2. The van der Waals surface area contributed by atoms with Crippen LogP contribution in [0.2, 0.25) is 0 Å². The smallest absolute Gasteiger partial charge is 0.269 e. The fourth-order valence-corrected chi connectivity index (χ4v) is 3.21. The lowest BCUT2D eigenvalue weighted by atomic mass is 10.1. The minimum absolute atomic E-state index is 0.238. The number of fused-ring (bicyclic) bond motifs is 1. The number of carbonyl (C=O) groups excluding carboxylic acids is 1. The van der Waals surface area contributed by atoms with Crippen LogP contribution in [0.4, 0.5) is 11.5 Å². The molecule has 2 unspecified atom stereocenters. The molecule has 1 aromatic heterocycles. The first-order valence-electron chi connectivity index (χ1n) is 8.65. The van der Waals surface area contributed by atoms with Crippen molar-refractivity contribution >= 4 is 17.4 Å². The number of benzene rings is 1. The van der Waals surface area contributed by atoms with Crippen LogP contribution in [0, 0.1) is 0 Å². The summed E-state index contributed by atoms with van der Waals surface area (Å²) < 4.78 is 11.6. The van der Waals surface area contributed by atoms with Gasteiger partial charge >= 0.3 is 0 Å². The van der Waals surface area contributed by atoms with Crippen LogP contribution >= 0.6 is 0 Å². The van der Waals surface area contributed by atoms with E-state index in [0.29, 0.717) is 17.2 Å². The molecule has 2 atom stereocenters. The molecule has 1 saturated heterocycles.